The minimum atomic E-state index is -0.257. The van der Waals surface area contributed by atoms with Crippen LogP contribution in [0.15, 0.2) is 42.6 Å². The fourth-order valence-electron chi connectivity index (χ4n) is 2.97. The largest absolute Gasteiger partial charge is 0.375 e. The molecule has 0 radical (unpaired) electrons. The number of hydrogen-bond acceptors (Lipinski definition) is 4. The summed E-state index contributed by atoms with van der Waals surface area (Å²) in [4.78, 5) is 16.3. The number of nitrogens with zero attached hydrogens (tertiary/aromatic N) is 4. The first-order valence-corrected chi connectivity index (χ1v) is 8.22. The summed E-state index contributed by atoms with van der Waals surface area (Å²) in [7, 11) is 3.57. The second kappa shape index (κ2) is 7.59. The van der Waals surface area contributed by atoms with Crippen LogP contribution in [0.5, 0.6) is 0 Å². The highest BCUT2D eigenvalue weighted by Crippen LogP contribution is 2.21. The van der Waals surface area contributed by atoms with E-state index in [0.717, 1.165) is 18.8 Å². The Hall–Kier alpha value is -2.18. The van der Waals surface area contributed by atoms with E-state index in [1.807, 2.05) is 28.9 Å². The van der Waals surface area contributed by atoms with Crippen molar-refractivity contribution in [3.8, 4) is 0 Å². The molecule has 0 bridgehead atoms. The molecule has 24 heavy (non-hydrogen) atoms. The minimum Gasteiger partial charge on any atom is -0.375 e. The van der Waals surface area contributed by atoms with E-state index in [2.05, 4.69) is 22.1 Å². The van der Waals surface area contributed by atoms with Gasteiger partial charge in [0.05, 0.1) is 18.9 Å². The molecular weight excluding hydrogens is 304 g/mol. The standard InChI is InChI=1S/C18H24N4O2/c1-20(2)18(23)17-13-21(12-16-8-9-19-22(16)17)10-11-24-14-15-6-4-3-5-7-15/h3-9,17H,10-14H2,1-2H3/t17-/m0/s1. The van der Waals surface area contributed by atoms with Crippen LogP contribution in [0.1, 0.15) is 17.3 Å². The van der Waals surface area contributed by atoms with E-state index in [1.165, 1.54) is 5.56 Å². The fourth-order valence-corrected chi connectivity index (χ4v) is 2.97. The van der Waals surface area contributed by atoms with Crippen molar-refractivity contribution in [1.82, 2.24) is 19.6 Å². The maximum absolute atomic E-state index is 12.4. The van der Waals surface area contributed by atoms with Gasteiger partial charge in [0.25, 0.3) is 0 Å². The Morgan fingerprint density at radius 2 is 2.08 bits per heavy atom. The Morgan fingerprint density at radius 3 is 2.83 bits per heavy atom. The van der Waals surface area contributed by atoms with E-state index in [-0.39, 0.29) is 11.9 Å². The lowest BCUT2D eigenvalue weighted by Gasteiger charge is -2.34. The Morgan fingerprint density at radius 1 is 1.29 bits per heavy atom. The molecule has 2 heterocycles. The van der Waals surface area contributed by atoms with Crippen molar-refractivity contribution in [3.05, 3.63) is 53.9 Å². The van der Waals surface area contributed by atoms with Gasteiger partial charge < -0.3 is 9.64 Å². The molecule has 0 fully saturated rings. The van der Waals surface area contributed by atoms with Gasteiger partial charge in [0, 0.05) is 39.9 Å². The van der Waals surface area contributed by atoms with Crippen molar-refractivity contribution in [2.45, 2.75) is 19.2 Å². The van der Waals surface area contributed by atoms with Crippen molar-refractivity contribution < 1.29 is 9.53 Å². The highest BCUT2D eigenvalue weighted by Gasteiger charge is 2.31. The molecule has 6 heteroatoms. The third kappa shape index (κ3) is 3.83. The number of ether oxygens (including phenoxy) is 1. The lowest BCUT2D eigenvalue weighted by molar-refractivity contribution is -0.134. The van der Waals surface area contributed by atoms with Gasteiger partial charge in [-0.15, -0.1) is 0 Å². The van der Waals surface area contributed by atoms with Crippen LogP contribution >= 0.6 is 0 Å². The molecule has 0 saturated heterocycles. The van der Waals surface area contributed by atoms with Gasteiger partial charge in [-0.3, -0.25) is 14.4 Å². The van der Waals surface area contributed by atoms with Crippen LogP contribution in [-0.4, -0.2) is 59.3 Å². The summed E-state index contributed by atoms with van der Waals surface area (Å²) in [5.74, 6) is 0.0786. The number of likely N-dealkylation sites (N-methyl/N-ethyl adjacent to an activating group) is 1. The smallest absolute Gasteiger partial charge is 0.248 e. The van der Waals surface area contributed by atoms with E-state index < -0.39 is 0 Å². The zero-order chi connectivity index (χ0) is 16.9. The summed E-state index contributed by atoms with van der Waals surface area (Å²) in [6.45, 7) is 3.53. The molecule has 0 spiro atoms. The van der Waals surface area contributed by atoms with Crippen molar-refractivity contribution in [2.75, 3.05) is 33.8 Å². The number of carbonyl (C=O) groups is 1. The molecule has 6 nitrogen and oxygen atoms in total. The predicted molar refractivity (Wildman–Crippen MR) is 91.3 cm³/mol. The number of aromatic nitrogens is 2. The molecule has 1 aliphatic rings. The molecule has 128 valence electrons. The molecule has 3 rings (SSSR count). The Bertz CT molecular complexity index is 669. The average Bonchev–Trinajstić information content (AvgIpc) is 3.06. The fraction of sp³-hybridized carbons (Fsp3) is 0.444. The second-order valence-electron chi connectivity index (χ2n) is 6.29. The summed E-state index contributed by atoms with van der Waals surface area (Å²) in [6.07, 6.45) is 1.76. The predicted octanol–water partition coefficient (Wildman–Crippen LogP) is 1.54. The highest BCUT2D eigenvalue weighted by molar-refractivity contribution is 5.80. The summed E-state index contributed by atoms with van der Waals surface area (Å²) in [6, 6.07) is 11.9. The van der Waals surface area contributed by atoms with Gasteiger partial charge in [-0.05, 0) is 11.6 Å². The van der Waals surface area contributed by atoms with Gasteiger partial charge in [0.1, 0.15) is 6.04 Å². The first kappa shape index (κ1) is 16.7. The first-order chi connectivity index (χ1) is 11.6. The summed E-state index contributed by atoms with van der Waals surface area (Å²) in [5.41, 5.74) is 2.25. The maximum atomic E-state index is 12.4. The Labute approximate surface area is 142 Å². The van der Waals surface area contributed by atoms with Crippen molar-refractivity contribution in [2.24, 2.45) is 0 Å². The SMILES string of the molecule is CN(C)C(=O)[C@@H]1CN(CCOCc2ccccc2)Cc2ccnn21. The third-order valence-electron chi connectivity index (χ3n) is 4.25. The first-order valence-electron chi connectivity index (χ1n) is 8.22. The van der Waals surface area contributed by atoms with Crippen LogP contribution in [-0.2, 0) is 22.7 Å². The van der Waals surface area contributed by atoms with Crippen LogP contribution in [0.4, 0.5) is 0 Å². The molecule has 2 aromatic rings. The van der Waals surface area contributed by atoms with Gasteiger partial charge >= 0.3 is 0 Å². The summed E-state index contributed by atoms with van der Waals surface area (Å²) in [5, 5.41) is 4.32. The molecule has 1 aliphatic heterocycles. The average molecular weight is 328 g/mol. The molecule has 0 N–H and O–H groups in total. The Balaban J connectivity index is 1.54. The topological polar surface area (TPSA) is 50.6 Å². The lowest BCUT2D eigenvalue weighted by Crippen LogP contribution is -2.45. The molecule has 0 unspecified atom stereocenters. The van der Waals surface area contributed by atoms with E-state index in [1.54, 1.807) is 25.2 Å². The van der Waals surface area contributed by atoms with E-state index in [9.17, 15) is 4.79 Å². The molecule has 1 aromatic heterocycles. The number of benzene rings is 1. The van der Waals surface area contributed by atoms with Crippen LogP contribution in [0.25, 0.3) is 0 Å². The lowest BCUT2D eigenvalue weighted by atomic mass is 10.1. The monoisotopic (exact) mass is 328 g/mol. The van der Waals surface area contributed by atoms with Crippen molar-refractivity contribution >= 4 is 5.91 Å². The number of amides is 1. The van der Waals surface area contributed by atoms with Gasteiger partial charge in [0.2, 0.25) is 5.91 Å². The number of hydrogen-bond donors (Lipinski definition) is 0. The van der Waals surface area contributed by atoms with Crippen molar-refractivity contribution in [3.63, 3.8) is 0 Å². The quantitative estimate of drug-likeness (QED) is 0.755. The number of rotatable bonds is 6. The normalized spacial score (nSPS) is 17.5. The number of carbonyl (C=O) groups excluding carboxylic acids is 1. The van der Waals surface area contributed by atoms with Gasteiger partial charge in [-0.1, -0.05) is 30.3 Å². The van der Waals surface area contributed by atoms with Crippen molar-refractivity contribution in [1.29, 1.82) is 0 Å². The van der Waals surface area contributed by atoms with Crippen LogP contribution < -0.4 is 0 Å². The molecule has 1 amide bonds. The highest BCUT2D eigenvalue weighted by atomic mass is 16.5. The second-order valence-corrected chi connectivity index (χ2v) is 6.29. The molecule has 0 saturated carbocycles. The van der Waals surface area contributed by atoms with Crippen LogP contribution in [0.2, 0.25) is 0 Å². The van der Waals surface area contributed by atoms with Crippen LogP contribution in [0.3, 0.4) is 0 Å². The maximum Gasteiger partial charge on any atom is 0.248 e. The Kier molecular flexibility index (Phi) is 5.27. The van der Waals surface area contributed by atoms with Gasteiger partial charge in [-0.2, -0.15) is 5.10 Å². The third-order valence-corrected chi connectivity index (χ3v) is 4.25. The summed E-state index contributed by atoms with van der Waals surface area (Å²) < 4.78 is 7.63. The number of fused-ring (bicyclic) bond motifs is 1. The molecule has 1 aromatic carbocycles. The zero-order valence-electron chi connectivity index (χ0n) is 14.3. The van der Waals surface area contributed by atoms with E-state index in [4.69, 9.17) is 4.74 Å². The van der Waals surface area contributed by atoms with E-state index in [0.29, 0.717) is 19.8 Å². The molecule has 1 atom stereocenters. The minimum absolute atomic E-state index is 0.0786. The van der Waals surface area contributed by atoms with Gasteiger partial charge in [-0.25, -0.2) is 0 Å². The summed E-state index contributed by atoms with van der Waals surface area (Å²) >= 11 is 0. The van der Waals surface area contributed by atoms with Gasteiger partial charge in [0.15, 0.2) is 0 Å². The van der Waals surface area contributed by atoms with E-state index >= 15 is 0 Å². The van der Waals surface area contributed by atoms with Crippen LogP contribution in [0, 0.1) is 0 Å². The molecule has 0 aliphatic carbocycles. The molecular formula is C18H24N4O2. The zero-order valence-corrected chi connectivity index (χ0v) is 14.3.